The first-order valence-corrected chi connectivity index (χ1v) is 12.8. The van der Waals surface area contributed by atoms with Gasteiger partial charge in [0.15, 0.2) is 12.3 Å². The number of carboxylic acid groups (broad SMARTS) is 2. The molecule has 16 nitrogen and oxygen atoms in total. The van der Waals surface area contributed by atoms with Crippen LogP contribution in [-0.4, -0.2) is 74.7 Å². The topological polar surface area (TPSA) is 233 Å². The lowest BCUT2D eigenvalue weighted by Crippen LogP contribution is -2.40. The summed E-state index contributed by atoms with van der Waals surface area (Å²) in [6.07, 6.45) is -4.85. The van der Waals surface area contributed by atoms with Crippen LogP contribution in [0.3, 0.4) is 0 Å². The molecule has 1 aromatic heterocycles. The number of aromatic amines is 1. The van der Waals surface area contributed by atoms with E-state index in [9.17, 15) is 33.2 Å². The molecule has 0 aliphatic carbocycles. The highest BCUT2D eigenvalue weighted by Gasteiger charge is 2.51. The van der Waals surface area contributed by atoms with Crippen LogP contribution in [0.4, 0.5) is 0 Å². The zero-order chi connectivity index (χ0) is 24.9. The summed E-state index contributed by atoms with van der Waals surface area (Å²) < 4.78 is 45.7. The summed E-state index contributed by atoms with van der Waals surface area (Å²) in [5.41, 5.74) is -1.56. The Morgan fingerprint density at radius 1 is 1.39 bits per heavy atom. The first-order valence-electron chi connectivity index (χ1n) is 8.87. The predicted molar refractivity (Wildman–Crippen MR) is 110 cm³/mol. The lowest BCUT2D eigenvalue weighted by molar-refractivity contribution is -0.145. The maximum absolute atomic E-state index is 12.3. The molecule has 0 aromatic carbocycles. The first-order chi connectivity index (χ1) is 15.3. The molecule has 5 N–H and O–H groups in total. The van der Waals surface area contributed by atoms with Crippen molar-refractivity contribution >= 4 is 39.2 Å². The average molecular weight is 532 g/mol. The van der Waals surface area contributed by atoms with Gasteiger partial charge in [0.25, 0.3) is 5.56 Å². The van der Waals surface area contributed by atoms with E-state index in [0.29, 0.717) is 0 Å². The molecule has 2 heterocycles. The van der Waals surface area contributed by atoms with Crippen molar-refractivity contribution in [3.63, 3.8) is 0 Å². The molecule has 2 rings (SSSR count). The highest BCUT2D eigenvalue weighted by Crippen LogP contribution is 2.43. The van der Waals surface area contributed by atoms with Crippen LogP contribution in [0.1, 0.15) is 12.6 Å². The van der Waals surface area contributed by atoms with Gasteiger partial charge in [-0.05, 0) is 4.57 Å². The molecular weight excluding hydrogens is 512 g/mol. The number of rotatable bonds is 12. The van der Waals surface area contributed by atoms with Gasteiger partial charge in [0, 0.05) is 19.4 Å². The molecule has 1 aliphatic heterocycles. The van der Waals surface area contributed by atoms with Crippen molar-refractivity contribution in [3.05, 3.63) is 33.1 Å². The third kappa shape index (κ3) is 7.53. The quantitative estimate of drug-likeness (QED) is 0.141. The smallest absolute Gasteiger partial charge is 0.481 e. The highest BCUT2D eigenvalue weighted by atomic mass is 32.7. The summed E-state index contributed by atoms with van der Waals surface area (Å²) in [5, 5.41) is 19.4. The number of thiol groups is 1. The lowest BCUT2D eigenvalue weighted by Gasteiger charge is -2.20. The summed E-state index contributed by atoms with van der Waals surface area (Å²) in [7, 11) is -6.22. The van der Waals surface area contributed by atoms with Crippen LogP contribution < -0.4 is 16.3 Å². The molecule has 0 radical (unpaired) electrons. The maximum Gasteiger partial charge on any atom is 0.582 e. The van der Waals surface area contributed by atoms with Crippen molar-refractivity contribution in [1.29, 1.82) is 0 Å². The molecule has 1 aliphatic rings. The molecule has 0 spiro atoms. The number of nitrogens with one attached hydrogen (secondary N) is 2. The Morgan fingerprint density at radius 3 is 2.58 bits per heavy atom. The first kappa shape index (κ1) is 27.3. The van der Waals surface area contributed by atoms with Gasteiger partial charge in [0.2, 0.25) is 0 Å². The molecule has 0 saturated carbocycles. The molecule has 1 aromatic rings. The SMILES string of the molecule is CO[C@H]1C(O[P+](=O)S)C(COP(=O)(O)NC(CC(=O)O)C(=O)O)O[C@H]1n1ccc(=O)[nH]c1=O. The summed E-state index contributed by atoms with van der Waals surface area (Å²) in [4.78, 5) is 57.3. The number of H-pyrrole nitrogens is 1. The summed E-state index contributed by atoms with van der Waals surface area (Å²) >= 11 is 3.65. The van der Waals surface area contributed by atoms with Crippen LogP contribution in [0.5, 0.6) is 0 Å². The fraction of sp³-hybridized carbons (Fsp3) is 0.571. The molecule has 19 heteroatoms. The molecule has 1 fully saturated rings. The number of hydrogen-bond acceptors (Lipinski definition) is 10. The fourth-order valence-corrected chi connectivity index (χ4v) is 4.76. The van der Waals surface area contributed by atoms with Crippen LogP contribution in [0.25, 0.3) is 0 Å². The van der Waals surface area contributed by atoms with Gasteiger partial charge in [-0.2, -0.15) is 0 Å². The second-order valence-corrected chi connectivity index (χ2v) is 9.75. The molecule has 1 saturated heterocycles. The molecule has 184 valence electrons. The number of aromatic nitrogens is 2. The van der Waals surface area contributed by atoms with E-state index < -0.39 is 81.8 Å². The van der Waals surface area contributed by atoms with Gasteiger partial charge in [-0.1, -0.05) is 0 Å². The Morgan fingerprint density at radius 2 is 2.06 bits per heavy atom. The Balaban J connectivity index is 2.23. The van der Waals surface area contributed by atoms with Crippen molar-refractivity contribution in [2.45, 2.75) is 37.0 Å². The van der Waals surface area contributed by atoms with Crippen molar-refractivity contribution in [1.82, 2.24) is 14.6 Å². The van der Waals surface area contributed by atoms with Gasteiger partial charge in [-0.3, -0.25) is 28.5 Å². The number of methoxy groups -OCH3 is 1. The monoisotopic (exact) mass is 532 g/mol. The Hall–Kier alpha value is -1.94. The van der Waals surface area contributed by atoms with Crippen molar-refractivity contribution in [2.75, 3.05) is 13.7 Å². The van der Waals surface area contributed by atoms with Crippen LogP contribution >= 0.6 is 27.2 Å². The van der Waals surface area contributed by atoms with E-state index in [-0.39, 0.29) is 0 Å². The maximum atomic E-state index is 12.3. The van der Waals surface area contributed by atoms with Crippen molar-refractivity contribution in [3.8, 4) is 0 Å². The van der Waals surface area contributed by atoms with Crippen LogP contribution in [0.2, 0.25) is 0 Å². The van der Waals surface area contributed by atoms with E-state index in [2.05, 4.69) is 12.2 Å². The van der Waals surface area contributed by atoms with E-state index in [1.54, 1.807) is 5.09 Å². The Bertz CT molecular complexity index is 1060. The largest absolute Gasteiger partial charge is 0.582 e. The molecule has 5 unspecified atom stereocenters. The second kappa shape index (κ2) is 11.5. The molecule has 7 atom stereocenters. The van der Waals surface area contributed by atoms with Crippen molar-refractivity contribution < 1.29 is 52.3 Å². The molecule has 33 heavy (non-hydrogen) atoms. The summed E-state index contributed by atoms with van der Waals surface area (Å²) in [6, 6.07) is -0.919. The third-order valence-electron chi connectivity index (χ3n) is 4.30. The van der Waals surface area contributed by atoms with E-state index in [1.165, 1.54) is 7.11 Å². The van der Waals surface area contributed by atoms with Gasteiger partial charge >= 0.3 is 32.6 Å². The number of hydrogen-bond donors (Lipinski definition) is 6. The summed E-state index contributed by atoms with van der Waals surface area (Å²) in [5.74, 6) is -3.25. The number of nitrogens with zero attached hydrogens (tertiary/aromatic N) is 1. The minimum absolute atomic E-state index is 0.684. The minimum atomic E-state index is -4.89. The Labute approximate surface area is 190 Å². The van der Waals surface area contributed by atoms with Gasteiger partial charge in [0.1, 0.15) is 30.5 Å². The highest BCUT2D eigenvalue weighted by molar-refractivity contribution is 8.39. The number of carboxylic acids is 2. The van der Waals surface area contributed by atoms with E-state index in [1.807, 2.05) is 4.98 Å². The Kier molecular flexibility index (Phi) is 9.48. The summed E-state index contributed by atoms with van der Waals surface area (Å²) in [6.45, 7) is -0.768. The number of ether oxygens (including phenoxy) is 2. The van der Waals surface area contributed by atoms with Gasteiger partial charge in [-0.25, -0.2) is 14.4 Å². The number of aliphatic carboxylic acids is 2. The van der Waals surface area contributed by atoms with Gasteiger partial charge in [0.05, 0.1) is 13.0 Å². The van der Waals surface area contributed by atoms with Crippen LogP contribution in [-0.2, 0) is 37.2 Å². The number of carbonyl (C=O) groups is 2. The lowest BCUT2D eigenvalue weighted by atomic mass is 10.1. The molecular formula is C14H20N3O13P2S+. The van der Waals surface area contributed by atoms with E-state index in [4.69, 9.17) is 28.7 Å². The van der Waals surface area contributed by atoms with Gasteiger partial charge in [-0.15, -0.1) is 4.52 Å². The zero-order valence-corrected chi connectivity index (χ0v) is 19.4. The second-order valence-electron chi connectivity index (χ2n) is 6.52. The van der Waals surface area contributed by atoms with Crippen molar-refractivity contribution in [2.24, 2.45) is 0 Å². The fourth-order valence-electron chi connectivity index (χ4n) is 2.95. The normalized spacial score (nSPS) is 25.8. The molecule has 0 bridgehead atoms. The van der Waals surface area contributed by atoms with Gasteiger partial charge < -0.3 is 24.6 Å². The van der Waals surface area contributed by atoms with E-state index >= 15 is 0 Å². The van der Waals surface area contributed by atoms with Crippen LogP contribution in [0, 0.1) is 0 Å². The average Bonchev–Trinajstić information content (AvgIpc) is 3.01. The minimum Gasteiger partial charge on any atom is -0.481 e. The third-order valence-corrected chi connectivity index (χ3v) is 6.15. The predicted octanol–water partition coefficient (Wildman–Crippen LogP) is -0.944. The molecule has 0 amide bonds. The zero-order valence-electron chi connectivity index (χ0n) is 16.7. The van der Waals surface area contributed by atoms with Crippen LogP contribution in [0.15, 0.2) is 21.9 Å². The van der Waals surface area contributed by atoms with E-state index in [0.717, 1.165) is 16.8 Å². The standard InChI is InChI=1S/C14H19N3O13P2S/c1-27-11-10(30-31(24)33)7(29-12(11)17-3-2-8(18)15-14(17)23)5-28-32(25,26)16-6(13(21)22)4-9(19)20/h2-3,6-7,10-12H,4-5H2,1H3,(H5-,15,16,18,19,20,21,22,23,24,25,26,33)/p+1/t6?,7?,10?,11-,12+/m0/s1.